The molecule has 25 heavy (non-hydrogen) atoms. The van der Waals surface area contributed by atoms with Crippen LogP contribution in [0.3, 0.4) is 0 Å². The van der Waals surface area contributed by atoms with Crippen molar-refractivity contribution >= 4 is 22.0 Å². The Morgan fingerprint density at radius 3 is 2.60 bits per heavy atom. The smallest absolute Gasteiger partial charge is 0.265 e. The van der Waals surface area contributed by atoms with Gasteiger partial charge in [-0.25, -0.2) is 0 Å². The summed E-state index contributed by atoms with van der Waals surface area (Å²) < 4.78 is 37.5. The number of aromatic nitrogens is 1. The van der Waals surface area contributed by atoms with Gasteiger partial charge in [-0.1, -0.05) is 0 Å². The van der Waals surface area contributed by atoms with E-state index >= 15 is 0 Å². The van der Waals surface area contributed by atoms with E-state index < -0.39 is 10.1 Å². The number of hydrogen-bond donors (Lipinski definition) is 1. The highest BCUT2D eigenvalue weighted by Crippen LogP contribution is 2.18. The van der Waals surface area contributed by atoms with Crippen molar-refractivity contribution in [1.82, 2.24) is 0 Å². The van der Waals surface area contributed by atoms with Gasteiger partial charge in [0.2, 0.25) is 5.69 Å². The average Bonchev–Trinajstić information content (AvgIpc) is 2.59. The van der Waals surface area contributed by atoms with Crippen LogP contribution in [-0.4, -0.2) is 39.1 Å². The minimum absolute atomic E-state index is 0.267. The van der Waals surface area contributed by atoms with Crippen LogP contribution in [-0.2, 0) is 16.7 Å². The van der Waals surface area contributed by atoms with Gasteiger partial charge in [0.25, 0.3) is 10.1 Å². The van der Waals surface area contributed by atoms with Crippen LogP contribution in [0.5, 0.6) is 5.75 Å². The molecule has 7 nitrogen and oxygen atoms in total. The van der Waals surface area contributed by atoms with Crippen LogP contribution in [0.2, 0.25) is 0 Å². The van der Waals surface area contributed by atoms with E-state index in [9.17, 15) is 8.42 Å². The maximum atomic E-state index is 10.8. The molecule has 0 radical (unpaired) electrons. The molecule has 0 atom stereocenters. The summed E-state index contributed by atoms with van der Waals surface area (Å²) >= 11 is 0. The molecule has 2 aromatic rings. The lowest BCUT2D eigenvalue weighted by Gasteiger charge is -2.12. The molecule has 0 saturated carbocycles. The van der Waals surface area contributed by atoms with E-state index in [1.54, 1.807) is 18.3 Å². The van der Waals surface area contributed by atoms with Crippen LogP contribution in [0.25, 0.3) is 0 Å². The molecule has 0 spiro atoms. The van der Waals surface area contributed by atoms with Gasteiger partial charge in [0.15, 0.2) is 6.20 Å². The summed E-state index contributed by atoms with van der Waals surface area (Å²) in [7, 11) is -0.485. The van der Waals surface area contributed by atoms with Gasteiger partial charge in [0.05, 0.1) is 18.6 Å². The van der Waals surface area contributed by atoms with E-state index in [0.717, 1.165) is 17.1 Å². The first-order chi connectivity index (χ1) is 11.9. The minimum Gasteiger partial charge on any atom is -0.497 e. The van der Waals surface area contributed by atoms with Gasteiger partial charge in [-0.3, -0.25) is 9.56 Å². The maximum absolute atomic E-state index is 10.8. The predicted molar refractivity (Wildman–Crippen MR) is 96.7 cm³/mol. The number of nitrogens with zero attached hydrogens (tertiary/aromatic N) is 3. The van der Waals surface area contributed by atoms with E-state index in [1.165, 1.54) is 0 Å². The van der Waals surface area contributed by atoms with Crippen molar-refractivity contribution in [2.45, 2.75) is 13.0 Å². The summed E-state index contributed by atoms with van der Waals surface area (Å²) in [5.74, 6) is 0.512. The molecule has 0 saturated heterocycles. The normalized spacial score (nSPS) is 11.6. The zero-order chi connectivity index (χ0) is 18.3. The van der Waals surface area contributed by atoms with Gasteiger partial charge in [-0.05, 0) is 30.3 Å². The number of hydrazone groups is 1. The van der Waals surface area contributed by atoms with Gasteiger partial charge in [0.1, 0.15) is 18.5 Å². The quantitative estimate of drug-likeness (QED) is 0.334. The highest BCUT2D eigenvalue weighted by Gasteiger charge is 2.11. The third-order valence-electron chi connectivity index (χ3n) is 3.59. The fourth-order valence-electron chi connectivity index (χ4n) is 2.24. The van der Waals surface area contributed by atoms with E-state index in [4.69, 9.17) is 9.29 Å². The second-order valence-corrected chi connectivity index (χ2v) is 7.00. The van der Waals surface area contributed by atoms with Gasteiger partial charge in [-0.2, -0.15) is 18.1 Å². The summed E-state index contributed by atoms with van der Waals surface area (Å²) in [5, 5.41) is 6.15. The molecular formula is C17H22N3O4S+. The largest absolute Gasteiger partial charge is 0.497 e. The Bertz CT molecular complexity index is 820. The summed E-state index contributed by atoms with van der Waals surface area (Å²) in [5.41, 5.74) is 1.74. The van der Waals surface area contributed by atoms with Crippen LogP contribution in [0.4, 0.5) is 5.69 Å². The van der Waals surface area contributed by atoms with Gasteiger partial charge in [-0.15, -0.1) is 0 Å². The second-order valence-electron chi connectivity index (χ2n) is 5.42. The Labute approximate surface area is 147 Å². The third kappa shape index (κ3) is 6.17. The molecule has 0 amide bonds. The molecule has 134 valence electrons. The third-order valence-corrected chi connectivity index (χ3v) is 4.39. The Morgan fingerprint density at radius 2 is 1.96 bits per heavy atom. The number of methoxy groups -OCH3 is 1. The standard InChI is InChI=1S/C17H21N3O4S/c1-19(15-7-9-17(24-2)10-8-15)18-14-16-6-3-4-11-20(16)12-5-13-25(21,22)23/h3-4,6-11,14H,5,12-13H2,1-2H3/p+1. The van der Waals surface area contributed by atoms with E-state index in [1.807, 2.05) is 60.3 Å². The highest BCUT2D eigenvalue weighted by atomic mass is 32.2. The van der Waals surface area contributed by atoms with Crippen molar-refractivity contribution in [3.63, 3.8) is 0 Å². The van der Waals surface area contributed by atoms with Crippen LogP contribution in [0, 0.1) is 0 Å². The first-order valence-electron chi connectivity index (χ1n) is 7.74. The van der Waals surface area contributed by atoms with E-state index in [-0.39, 0.29) is 5.75 Å². The number of aryl methyl sites for hydroxylation is 1. The van der Waals surface area contributed by atoms with Gasteiger partial charge < -0.3 is 4.74 Å². The number of rotatable bonds is 8. The van der Waals surface area contributed by atoms with Crippen LogP contribution >= 0.6 is 0 Å². The zero-order valence-electron chi connectivity index (χ0n) is 14.2. The van der Waals surface area contributed by atoms with E-state index in [2.05, 4.69) is 5.10 Å². The number of benzene rings is 1. The molecule has 8 heteroatoms. The van der Waals surface area contributed by atoms with Crippen LogP contribution in [0.1, 0.15) is 12.1 Å². The van der Waals surface area contributed by atoms with Crippen LogP contribution in [0.15, 0.2) is 53.8 Å². The first-order valence-corrected chi connectivity index (χ1v) is 9.35. The Balaban J connectivity index is 2.06. The number of anilines is 1. The predicted octanol–water partition coefficient (Wildman–Crippen LogP) is 1.73. The number of hydrogen-bond acceptors (Lipinski definition) is 5. The van der Waals surface area contributed by atoms with Crippen molar-refractivity contribution in [3.8, 4) is 5.75 Å². The zero-order valence-corrected chi connectivity index (χ0v) is 15.1. The van der Waals surface area contributed by atoms with Crippen molar-refractivity contribution < 1.29 is 22.3 Å². The van der Waals surface area contributed by atoms with Gasteiger partial charge in [0, 0.05) is 25.6 Å². The molecule has 1 aromatic heterocycles. The molecule has 0 fully saturated rings. The summed E-state index contributed by atoms with van der Waals surface area (Å²) in [6.45, 7) is 0.467. The summed E-state index contributed by atoms with van der Waals surface area (Å²) in [4.78, 5) is 0. The lowest BCUT2D eigenvalue weighted by atomic mass is 10.3. The monoisotopic (exact) mass is 364 g/mol. The maximum Gasteiger partial charge on any atom is 0.265 e. The molecule has 0 aliphatic carbocycles. The molecule has 0 aliphatic heterocycles. The molecule has 0 bridgehead atoms. The van der Waals surface area contributed by atoms with Crippen molar-refractivity contribution in [2.24, 2.45) is 5.10 Å². The highest BCUT2D eigenvalue weighted by molar-refractivity contribution is 7.85. The van der Waals surface area contributed by atoms with Crippen molar-refractivity contribution in [3.05, 3.63) is 54.4 Å². The summed E-state index contributed by atoms with van der Waals surface area (Å²) in [6, 6.07) is 13.2. The number of pyridine rings is 1. The molecule has 0 aliphatic rings. The topological polar surface area (TPSA) is 83.1 Å². The Hall–Kier alpha value is -2.45. The summed E-state index contributed by atoms with van der Waals surface area (Å²) in [6.07, 6.45) is 3.87. The number of ether oxygens (including phenoxy) is 1. The minimum atomic E-state index is -3.94. The Kier molecular flexibility index (Phi) is 6.49. The molecule has 1 N–H and O–H groups in total. The lowest BCUT2D eigenvalue weighted by molar-refractivity contribution is -0.697. The Morgan fingerprint density at radius 1 is 1.24 bits per heavy atom. The average molecular weight is 364 g/mol. The fourth-order valence-corrected chi connectivity index (χ4v) is 2.73. The molecule has 1 heterocycles. The van der Waals surface area contributed by atoms with Crippen molar-refractivity contribution in [1.29, 1.82) is 0 Å². The van der Waals surface area contributed by atoms with E-state index in [0.29, 0.717) is 13.0 Å². The molecule has 0 unspecified atom stereocenters. The lowest BCUT2D eigenvalue weighted by Crippen LogP contribution is -2.38. The van der Waals surface area contributed by atoms with Gasteiger partial charge >= 0.3 is 0 Å². The molecule has 2 rings (SSSR count). The fraction of sp³-hybridized carbons (Fsp3) is 0.294. The van der Waals surface area contributed by atoms with Crippen molar-refractivity contribution in [2.75, 3.05) is 24.9 Å². The van der Waals surface area contributed by atoms with Crippen LogP contribution < -0.4 is 14.3 Å². The molecule has 1 aromatic carbocycles. The second kappa shape index (κ2) is 8.59. The first kappa shape index (κ1) is 18.9. The SMILES string of the molecule is COc1ccc(N(C)N=Cc2cccc[n+]2CCCS(=O)(=O)O)cc1. The molecular weight excluding hydrogens is 342 g/mol.